The number of hydrogen-bond acceptors (Lipinski definition) is 2. The molecule has 1 aromatic heterocycles. The summed E-state index contributed by atoms with van der Waals surface area (Å²) in [5.41, 5.74) is 8.62. The number of fused-ring (bicyclic) bond motifs is 3. The van der Waals surface area contributed by atoms with Gasteiger partial charge >= 0.3 is 0 Å². The summed E-state index contributed by atoms with van der Waals surface area (Å²) in [5.74, 6) is 0. The molecule has 0 fully saturated rings. The minimum absolute atomic E-state index is 0.922. The largest absolute Gasteiger partial charge is 0.455 e. The summed E-state index contributed by atoms with van der Waals surface area (Å²) in [4.78, 5) is 0. The van der Waals surface area contributed by atoms with Crippen molar-refractivity contribution in [3.63, 3.8) is 0 Å². The minimum Gasteiger partial charge on any atom is -0.455 e. The van der Waals surface area contributed by atoms with E-state index in [9.17, 15) is 0 Å². The zero-order chi connectivity index (χ0) is 21.3. The Bertz CT molecular complexity index is 1530. The molecule has 0 bridgehead atoms. The highest BCUT2D eigenvalue weighted by atomic mass is 16.3. The Morgan fingerprint density at radius 2 is 1.12 bits per heavy atom. The van der Waals surface area contributed by atoms with Crippen LogP contribution in [0.4, 0.5) is 11.4 Å². The van der Waals surface area contributed by atoms with Crippen molar-refractivity contribution in [2.75, 3.05) is 5.32 Å². The lowest BCUT2D eigenvalue weighted by molar-refractivity contribution is 0.670. The highest BCUT2D eigenvalue weighted by Gasteiger charge is 2.12. The monoisotopic (exact) mass is 411 g/mol. The number of anilines is 2. The van der Waals surface area contributed by atoms with Gasteiger partial charge in [-0.25, -0.2) is 0 Å². The third kappa shape index (κ3) is 3.23. The number of nitrogens with one attached hydrogen (secondary N) is 1. The van der Waals surface area contributed by atoms with Crippen molar-refractivity contribution >= 4 is 33.3 Å². The molecule has 0 aliphatic rings. The van der Waals surface area contributed by atoms with Gasteiger partial charge in [0.05, 0.1) is 0 Å². The van der Waals surface area contributed by atoms with E-state index in [4.69, 9.17) is 4.42 Å². The van der Waals surface area contributed by atoms with E-state index in [0.717, 1.165) is 44.4 Å². The number of hydrogen-bond donors (Lipinski definition) is 1. The van der Waals surface area contributed by atoms with Gasteiger partial charge in [-0.05, 0) is 35.4 Å². The van der Waals surface area contributed by atoms with Crippen molar-refractivity contribution in [1.29, 1.82) is 0 Å². The van der Waals surface area contributed by atoms with Crippen molar-refractivity contribution in [2.45, 2.75) is 0 Å². The molecule has 152 valence electrons. The predicted molar refractivity (Wildman–Crippen MR) is 134 cm³/mol. The first-order chi connectivity index (χ1) is 15.9. The van der Waals surface area contributed by atoms with E-state index in [1.807, 2.05) is 18.2 Å². The van der Waals surface area contributed by atoms with Gasteiger partial charge in [-0.1, -0.05) is 97.1 Å². The van der Waals surface area contributed by atoms with E-state index < -0.39 is 0 Å². The molecule has 5 aromatic carbocycles. The average molecular weight is 412 g/mol. The van der Waals surface area contributed by atoms with Crippen LogP contribution in [0.1, 0.15) is 0 Å². The highest BCUT2D eigenvalue weighted by Crippen LogP contribution is 2.36. The zero-order valence-corrected chi connectivity index (χ0v) is 17.5. The molecule has 32 heavy (non-hydrogen) atoms. The molecule has 0 saturated carbocycles. The molecule has 2 nitrogen and oxygen atoms in total. The number of benzene rings is 5. The third-order valence-electron chi connectivity index (χ3n) is 5.89. The van der Waals surface area contributed by atoms with Crippen LogP contribution in [-0.2, 0) is 0 Å². The van der Waals surface area contributed by atoms with Gasteiger partial charge in [0.1, 0.15) is 11.2 Å². The lowest BCUT2D eigenvalue weighted by Crippen LogP contribution is -1.93. The quantitative estimate of drug-likeness (QED) is 0.314. The minimum atomic E-state index is 0.922. The predicted octanol–water partition coefficient (Wildman–Crippen LogP) is 8.66. The molecular formula is C30H21NO. The molecule has 6 rings (SSSR count). The van der Waals surface area contributed by atoms with Crippen LogP contribution in [0.25, 0.3) is 44.2 Å². The summed E-state index contributed by atoms with van der Waals surface area (Å²) in [5, 5.41) is 5.89. The Balaban J connectivity index is 1.35. The van der Waals surface area contributed by atoms with Gasteiger partial charge in [-0.2, -0.15) is 0 Å². The van der Waals surface area contributed by atoms with Gasteiger partial charge in [0.2, 0.25) is 0 Å². The summed E-state index contributed by atoms with van der Waals surface area (Å²) in [6.07, 6.45) is 0. The SMILES string of the molecule is c1ccc(-c2ccccc2Nc2ccc(-c3cccc4c3oc3ccccc34)cc2)cc1. The summed E-state index contributed by atoms with van der Waals surface area (Å²) in [6.45, 7) is 0. The fraction of sp³-hybridized carbons (Fsp3) is 0. The molecule has 0 aliphatic carbocycles. The second kappa shape index (κ2) is 7.75. The molecule has 1 heterocycles. The van der Waals surface area contributed by atoms with E-state index >= 15 is 0 Å². The van der Waals surface area contributed by atoms with Crippen molar-refractivity contribution in [3.05, 3.63) is 121 Å². The first kappa shape index (κ1) is 18.5. The number of para-hydroxylation sites is 3. The van der Waals surface area contributed by atoms with Gasteiger partial charge in [0.15, 0.2) is 0 Å². The van der Waals surface area contributed by atoms with Gasteiger partial charge in [-0.15, -0.1) is 0 Å². The smallest absolute Gasteiger partial charge is 0.143 e. The molecule has 0 aliphatic heterocycles. The van der Waals surface area contributed by atoms with Gasteiger partial charge in [0.25, 0.3) is 0 Å². The molecular weight excluding hydrogens is 390 g/mol. The highest BCUT2D eigenvalue weighted by molar-refractivity contribution is 6.09. The standard InChI is InChI=1S/C30H21NO/c1-2-9-21(10-3-1)24-11-4-6-15-28(24)31-23-19-17-22(18-20-23)25-13-8-14-27-26-12-5-7-16-29(26)32-30(25)27/h1-20,31H. The molecule has 0 atom stereocenters. The van der Waals surface area contributed by atoms with Crippen molar-refractivity contribution in [3.8, 4) is 22.3 Å². The van der Waals surface area contributed by atoms with Gasteiger partial charge in [0, 0.05) is 33.3 Å². The number of furan rings is 1. The van der Waals surface area contributed by atoms with E-state index in [1.165, 1.54) is 11.1 Å². The van der Waals surface area contributed by atoms with Gasteiger partial charge < -0.3 is 9.73 Å². The van der Waals surface area contributed by atoms with Crippen molar-refractivity contribution < 1.29 is 4.42 Å². The molecule has 2 heteroatoms. The first-order valence-corrected chi connectivity index (χ1v) is 10.8. The molecule has 6 aromatic rings. The van der Waals surface area contributed by atoms with Crippen LogP contribution in [0.5, 0.6) is 0 Å². The van der Waals surface area contributed by atoms with Crippen LogP contribution >= 0.6 is 0 Å². The van der Waals surface area contributed by atoms with Crippen LogP contribution < -0.4 is 5.32 Å². The first-order valence-electron chi connectivity index (χ1n) is 10.8. The fourth-order valence-corrected chi connectivity index (χ4v) is 4.32. The van der Waals surface area contributed by atoms with Crippen LogP contribution in [0.2, 0.25) is 0 Å². The molecule has 0 radical (unpaired) electrons. The molecule has 0 spiro atoms. The Kier molecular flexibility index (Phi) is 4.47. The normalized spacial score (nSPS) is 11.1. The fourth-order valence-electron chi connectivity index (χ4n) is 4.32. The number of rotatable bonds is 4. The second-order valence-corrected chi connectivity index (χ2v) is 7.89. The molecule has 1 N–H and O–H groups in total. The lowest BCUT2D eigenvalue weighted by atomic mass is 10.0. The van der Waals surface area contributed by atoms with Crippen molar-refractivity contribution in [1.82, 2.24) is 0 Å². The van der Waals surface area contributed by atoms with Crippen LogP contribution in [0, 0.1) is 0 Å². The van der Waals surface area contributed by atoms with E-state index in [2.05, 4.69) is 108 Å². The summed E-state index contributed by atoms with van der Waals surface area (Å²) in [6, 6.07) is 41.9. The molecule has 0 amide bonds. The average Bonchev–Trinajstić information content (AvgIpc) is 3.24. The summed E-state index contributed by atoms with van der Waals surface area (Å²) >= 11 is 0. The third-order valence-corrected chi connectivity index (χ3v) is 5.89. The zero-order valence-electron chi connectivity index (χ0n) is 17.5. The Labute approximate surface area is 186 Å². The molecule has 0 unspecified atom stereocenters. The Morgan fingerprint density at radius 3 is 2.00 bits per heavy atom. The van der Waals surface area contributed by atoms with Crippen LogP contribution in [-0.4, -0.2) is 0 Å². The van der Waals surface area contributed by atoms with Crippen LogP contribution in [0.15, 0.2) is 126 Å². The second-order valence-electron chi connectivity index (χ2n) is 7.89. The van der Waals surface area contributed by atoms with Crippen molar-refractivity contribution in [2.24, 2.45) is 0 Å². The topological polar surface area (TPSA) is 25.2 Å². The lowest BCUT2D eigenvalue weighted by Gasteiger charge is -2.13. The van der Waals surface area contributed by atoms with E-state index in [0.29, 0.717) is 0 Å². The Morgan fingerprint density at radius 1 is 0.469 bits per heavy atom. The maximum absolute atomic E-state index is 6.21. The van der Waals surface area contributed by atoms with E-state index in [-0.39, 0.29) is 0 Å². The summed E-state index contributed by atoms with van der Waals surface area (Å²) in [7, 11) is 0. The van der Waals surface area contributed by atoms with Gasteiger partial charge in [-0.3, -0.25) is 0 Å². The maximum atomic E-state index is 6.21. The van der Waals surface area contributed by atoms with Crippen LogP contribution in [0.3, 0.4) is 0 Å². The Hall–Kier alpha value is -4.30. The molecule has 0 saturated heterocycles. The van der Waals surface area contributed by atoms with E-state index in [1.54, 1.807) is 0 Å². The maximum Gasteiger partial charge on any atom is 0.143 e. The summed E-state index contributed by atoms with van der Waals surface area (Å²) < 4.78 is 6.21.